The molecule has 0 bridgehead atoms. The van der Waals surface area contributed by atoms with Gasteiger partial charge >= 0.3 is 0 Å². The minimum absolute atomic E-state index is 0.307. The third-order valence-corrected chi connectivity index (χ3v) is 4.51. The van der Waals surface area contributed by atoms with E-state index in [0.717, 1.165) is 22.3 Å². The molecule has 0 atom stereocenters. The van der Waals surface area contributed by atoms with Crippen molar-refractivity contribution in [2.75, 3.05) is 10.6 Å². The van der Waals surface area contributed by atoms with E-state index in [9.17, 15) is 9.59 Å². The molecule has 0 unspecified atom stereocenters. The molecule has 2 aromatic carbocycles. The highest BCUT2D eigenvalue weighted by Crippen LogP contribution is 2.17. The Hall–Kier alpha value is -3.47. The molecular formula is C23H23N3O2. The second kappa shape index (κ2) is 8.05. The van der Waals surface area contributed by atoms with Crippen molar-refractivity contribution in [3.63, 3.8) is 0 Å². The number of anilines is 2. The van der Waals surface area contributed by atoms with E-state index >= 15 is 0 Å². The highest BCUT2D eigenvalue weighted by Gasteiger charge is 2.12. The highest BCUT2D eigenvalue weighted by molar-refractivity contribution is 6.08. The van der Waals surface area contributed by atoms with Crippen molar-refractivity contribution in [2.45, 2.75) is 27.7 Å². The van der Waals surface area contributed by atoms with Crippen LogP contribution < -0.4 is 10.6 Å². The lowest BCUT2D eigenvalue weighted by atomic mass is 10.1. The average molecular weight is 373 g/mol. The third kappa shape index (κ3) is 4.62. The maximum Gasteiger partial charge on any atom is 0.257 e. The van der Waals surface area contributed by atoms with Crippen LogP contribution in [0.15, 0.2) is 54.9 Å². The molecular weight excluding hydrogens is 350 g/mol. The number of rotatable bonds is 4. The van der Waals surface area contributed by atoms with Gasteiger partial charge in [0.05, 0.1) is 11.1 Å². The fourth-order valence-corrected chi connectivity index (χ4v) is 2.96. The van der Waals surface area contributed by atoms with Crippen LogP contribution in [0.5, 0.6) is 0 Å². The van der Waals surface area contributed by atoms with Gasteiger partial charge in [-0.15, -0.1) is 0 Å². The fraction of sp³-hybridized carbons (Fsp3) is 0.174. The van der Waals surface area contributed by atoms with Gasteiger partial charge in [0.1, 0.15) is 0 Å². The van der Waals surface area contributed by atoms with E-state index in [1.54, 1.807) is 6.07 Å². The van der Waals surface area contributed by atoms with Crippen molar-refractivity contribution in [1.29, 1.82) is 0 Å². The van der Waals surface area contributed by atoms with E-state index in [1.165, 1.54) is 12.4 Å². The number of hydrogen-bond acceptors (Lipinski definition) is 3. The number of carbonyl (C=O) groups is 2. The summed E-state index contributed by atoms with van der Waals surface area (Å²) in [6, 6.07) is 13.1. The van der Waals surface area contributed by atoms with E-state index in [2.05, 4.69) is 15.6 Å². The number of aryl methyl sites for hydroxylation is 4. The zero-order valence-corrected chi connectivity index (χ0v) is 16.5. The standard InChI is InChI=1S/C23H23N3O2/c1-14-7-15(2)9-21(8-14)26-23(28)19-11-18(12-24-13-19)22(27)25-20-6-5-16(3)17(4)10-20/h5-13H,1-4H3,(H,25,27)(H,26,28). The summed E-state index contributed by atoms with van der Waals surface area (Å²) < 4.78 is 0. The first kappa shape index (κ1) is 19.3. The van der Waals surface area contributed by atoms with Gasteiger partial charge in [-0.25, -0.2) is 0 Å². The largest absolute Gasteiger partial charge is 0.322 e. The Morgan fingerprint density at radius 2 is 1.25 bits per heavy atom. The fourth-order valence-electron chi connectivity index (χ4n) is 2.96. The first-order valence-electron chi connectivity index (χ1n) is 9.05. The first-order valence-corrected chi connectivity index (χ1v) is 9.05. The van der Waals surface area contributed by atoms with Gasteiger partial charge in [-0.2, -0.15) is 0 Å². The summed E-state index contributed by atoms with van der Waals surface area (Å²) >= 11 is 0. The van der Waals surface area contributed by atoms with E-state index in [-0.39, 0.29) is 11.8 Å². The molecule has 1 heterocycles. The normalized spacial score (nSPS) is 10.4. The second-order valence-electron chi connectivity index (χ2n) is 7.05. The minimum atomic E-state index is -0.309. The van der Waals surface area contributed by atoms with Crippen LogP contribution in [0.25, 0.3) is 0 Å². The third-order valence-electron chi connectivity index (χ3n) is 4.51. The Morgan fingerprint density at radius 3 is 1.82 bits per heavy atom. The molecule has 0 aliphatic rings. The molecule has 142 valence electrons. The number of pyridine rings is 1. The lowest BCUT2D eigenvalue weighted by Crippen LogP contribution is -2.16. The Kier molecular flexibility index (Phi) is 5.54. The number of aromatic nitrogens is 1. The molecule has 28 heavy (non-hydrogen) atoms. The predicted molar refractivity (Wildman–Crippen MR) is 112 cm³/mol. The molecule has 0 saturated carbocycles. The zero-order chi connectivity index (χ0) is 20.3. The Morgan fingerprint density at radius 1 is 0.679 bits per heavy atom. The second-order valence-corrected chi connectivity index (χ2v) is 7.05. The van der Waals surface area contributed by atoms with Gasteiger partial charge in [0, 0.05) is 23.8 Å². The van der Waals surface area contributed by atoms with Crippen molar-refractivity contribution < 1.29 is 9.59 Å². The molecule has 0 aliphatic carbocycles. The zero-order valence-electron chi connectivity index (χ0n) is 16.5. The molecule has 0 aliphatic heterocycles. The predicted octanol–water partition coefficient (Wildman–Crippen LogP) is 4.82. The molecule has 1 aromatic heterocycles. The molecule has 2 amide bonds. The summed E-state index contributed by atoms with van der Waals surface area (Å²) in [7, 11) is 0. The summed E-state index contributed by atoms with van der Waals surface area (Å²) in [5.41, 5.74) is 6.45. The average Bonchev–Trinajstić information content (AvgIpc) is 2.64. The van der Waals surface area contributed by atoms with Crippen LogP contribution in [0.3, 0.4) is 0 Å². The number of nitrogens with one attached hydrogen (secondary N) is 2. The monoisotopic (exact) mass is 373 g/mol. The van der Waals surface area contributed by atoms with Gasteiger partial charge in [-0.1, -0.05) is 12.1 Å². The van der Waals surface area contributed by atoms with E-state index in [4.69, 9.17) is 0 Å². The van der Waals surface area contributed by atoms with Crippen LogP contribution in [0, 0.1) is 27.7 Å². The van der Waals surface area contributed by atoms with Crippen molar-refractivity contribution >= 4 is 23.2 Å². The van der Waals surface area contributed by atoms with Gasteiger partial charge in [0.15, 0.2) is 0 Å². The van der Waals surface area contributed by atoms with Crippen LogP contribution in [0.1, 0.15) is 43.0 Å². The molecule has 5 heteroatoms. The molecule has 5 nitrogen and oxygen atoms in total. The van der Waals surface area contributed by atoms with Crippen molar-refractivity contribution in [2.24, 2.45) is 0 Å². The number of nitrogens with zero attached hydrogens (tertiary/aromatic N) is 1. The van der Waals surface area contributed by atoms with Gasteiger partial charge in [-0.05, 0) is 80.3 Å². The minimum Gasteiger partial charge on any atom is -0.322 e. The Balaban J connectivity index is 1.76. The highest BCUT2D eigenvalue weighted by atomic mass is 16.2. The summed E-state index contributed by atoms with van der Waals surface area (Å²) in [5.74, 6) is -0.616. The van der Waals surface area contributed by atoms with Crippen LogP contribution in [0.2, 0.25) is 0 Å². The summed E-state index contributed by atoms with van der Waals surface area (Å²) in [6.45, 7) is 7.96. The summed E-state index contributed by atoms with van der Waals surface area (Å²) in [6.07, 6.45) is 2.90. The number of benzene rings is 2. The van der Waals surface area contributed by atoms with Crippen LogP contribution >= 0.6 is 0 Å². The molecule has 3 rings (SSSR count). The SMILES string of the molecule is Cc1cc(C)cc(NC(=O)c2cncc(C(=O)Nc3ccc(C)c(C)c3)c2)c1. The molecule has 3 aromatic rings. The molecule has 2 N–H and O–H groups in total. The van der Waals surface area contributed by atoms with Crippen LogP contribution in [0.4, 0.5) is 11.4 Å². The first-order chi connectivity index (χ1) is 13.3. The number of amides is 2. The van der Waals surface area contributed by atoms with Gasteiger partial charge in [-0.3, -0.25) is 14.6 Å². The lowest BCUT2D eigenvalue weighted by molar-refractivity contribution is 0.102. The van der Waals surface area contributed by atoms with Gasteiger partial charge in [0.25, 0.3) is 11.8 Å². The maximum atomic E-state index is 12.6. The molecule has 0 radical (unpaired) electrons. The quantitative estimate of drug-likeness (QED) is 0.689. The van der Waals surface area contributed by atoms with E-state index in [1.807, 2.05) is 64.1 Å². The van der Waals surface area contributed by atoms with E-state index in [0.29, 0.717) is 22.5 Å². The molecule has 0 fully saturated rings. The van der Waals surface area contributed by atoms with Crippen molar-refractivity contribution in [3.8, 4) is 0 Å². The smallest absolute Gasteiger partial charge is 0.257 e. The van der Waals surface area contributed by atoms with Crippen molar-refractivity contribution in [3.05, 3.63) is 88.2 Å². The Labute approximate surface area is 164 Å². The lowest BCUT2D eigenvalue weighted by Gasteiger charge is -2.10. The number of carbonyl (C=O) groups excluding carboxylic acids is 2. The number of hydrogen-bond donors (Lipinski definition) is 2. The molecule has 0 spiro atoms. The van der Waals surface area contributed by atoms with Crippen LogP contribution in [-0.4, -0.2) is 16.8 Å². The van der Waals surface area contributed by atoms with Gasteiger partial charge in [0.2, 0.25) is 0 Å². The Bertz CT molecular complexity index is 1040. The van der Waals surface area contributed by atoms with Gasteiger partial charge < -0.3 is 10.6 Å². The van der Waals surface area contributed by atoms with E-state index < -0.39 is 0 Å². The van der Waals surface area contributed by atoms with Crippen LogP contribution in [-0.2, 0) is 0 Å². The summed E-state index contributed by atoms with van der Waals surface area (Å²) in [5, 5.41) is 5.71. The topological polar surface area (TPSA) is 71.1 Å². The summed E-state index contributed by atoms with van der Waals surface area (Å²) in [4.78, 5) is 29.2. The van der Waals surface area contributed by atoms with Crippen molar-refractivity contribution in [1.82, 2.24) is 4.98 Å². The maximum absolute atomic E-state index is 12.6. The molecule has 0 saturated heterocycles.